The Morgan fingerprint density at radius 3 is 2.84 bits per heavy atom. The third kappa shape index (κ3) is 2.36. The van der Waals surface area contributed by atoms with Gasteiger partial charge in [-0.2, -0.15) is 0 Å². The van der Waals surface area contributed by atoms with Gasteiger partial charge >= 0.3 is 0 Å². The average molecular weight is 298 g/mol. The van der Waals surface area contributed by atoms with E-state index in [1.165, 1.54) is 11.3 Å². The summed E-state index contributed by atoms with van der Waals surface area (Å²) in [4.78, 5) is 11.7. The Hall–Kier alpha value is -1.79. The highest BCUT2D eigenvalue weighted by Gasteiger charge is 2.10. The number of fused-ring (bicyclic) bond motifs is 1. The molecule has 2 heterocycles. The number of thiazole rings is 1. The Bertz CT molecular complexity index is 726. The number of H-pyrrole nitrogens is 1. The summed E-state index contributed by atoms with van der Waals surface area (Å²) in [5.41, 5.74) is 2.40. The first kappa shape index (κ1) is 12.3. The molecule has 0 saturated carbocycles. The molecule has 1 N–H and O–H groups in total. The second-order valence-electron chi connectivity index (χ2n) is 3.76. The molecule has 0 saturated heterocycles. The van der Waals surface area contributed by atoms with Crippen LogP contribution in [0.15, 0.2) is 23.8 Å². The van der Waals surface area contributed by atoms with E-state index < -0.39 is 11.6 Å². The lowest BCUT2D eigenvalue weighted by atomic mass is 10.3. The van der Waals surface area contributed by atoms with Gasteiger partial charge < -0.3 is 4.98 Å². The number of imidazole rings is 1. The van der Waals surface area contributed by atoms with E-state index in [1.807, 2.05) is 0 Å². The number of rotatable bonds is 2. The predicted molar refractivity (Wildman–Crippen MR) is 71.8 cm³/mol. The van der Waals surface area contributed by atoms with Crippen LogP contribution in [0.2, 0.25) is 0 Å². The predicted octanol–water partition coefficient (Wildman–Crippen LogP) is 4.03. The normalized spacial score (nSPS) is 12.3. The largest absolute Gasteiger partial charge is 0.337 e. The number of hydrogen-bond donors (Lipinski definition) is 1. The third-order valence-corrected chi connectivity index (χ3v) is 3.48. The minimum atomic E-state index is -0.937. The first-order chi connectivity index (χ1) is 9.13. The lowest BCUT2D eigenvalue weighted by Gasteiger charge is -1.91. The highest BCUT2D eigenvalue weighted by atomic mass is 35.5. The summed E-state index contributed by atoms with van der Waals surface area (Å²) in [5, 5.41) is 0.348. The molecule has 0 fully saturated rings. The Morgan fingerprint density at radius 1 is 1.32 bits per heavy atom. The molecular formula is C12H6ClF2N3S. The second-order valence-corrected chi connectivity index (χ2v) is 5.09. The molecule has 3 rings (SSSR count). The van der Waals surface area contributed by atoms with E-state index in [4.69, 9.17) is 11.6 Å². The Morgan fingerprint density at radius 2 is 2.11 bits per heavy atom. The lowest BCUT2D eigenvalue weighted by molar-refractivity contribution is 0.510. The fourth-order valence-electron chi connectivity index (χ4n) is 1.61. The lowest BCUT2D eigenvalue weighted by Crippen LogP contribution is -1.82. The summed E-state index contributed by atoms with van der Waals surface area (Å²) in [7, 11) is 0. The zero-order valence-corrected chi connectivity index (χ0v) is 10.9. The van der Waals surface area contributed by atoms with Crippen LogP contribution in [0.25, 0.3) is 22.1 Å². The van der Waals surface area contributed by atoms with E-state index in [0.717, 1.165) is 17.0 Å². The van der Waals surface area contributed by atoms with Crippen molar-refractivity contribution < 1.29 is 8.78 Å². The Kier molecular flexibility index (Phi) is 3.04. The average Bonchev–Trinajstić information content (AvgIpc) is 2.99. The number of aromatic amines is 1. The maximum Gasteiger partial charge on any atom is 0.161 e. The number of benzene rings is 1. The van der Waals surface area contributed by atoms with Gasteiger partial charge in [0.15, 0.2) is 11.6 Å². The zero-order valence-electron chi connectivity index (χ0n) is 9.32. The molecular weight excluding hydrogens is 292 g/mol. The van der Waals surface area contributed by atoms with E-state index >= 15 is 0 Å². The van der Waals surface area contributed by atoms with Crippen LogP contribution in [0.4, 0.5) is 8.78 Å². The van der Waals surface area contributed by atoms with Gasteiger partial charge in [0.1, 0.15) is 5.82 Å². The zero-order chi connectivity index (χ0) is 13.4. The van der Waals surface area contributed by atoms with Crippen LogP contribution >= 0.6 is 22.9 Å². The van der Waals surface area contributed by atoms with Gasteiger partial charge in [0.2, 0.25) is 0 Å². The van der Waals surface area contributed by atoms with E-state index in [-0.39, 0.29) is 0 Å². The highest BCUT2D eigenvalue weighted by Crippen LogP contribution is 2.24. The van der Waals surface area contributed by atoms with Gasteiger partial charge in [0.25, 0.3) is 0 Å². The van der Waals surface area contributed by atoms with Gasteiger partial charge in [-0.15, -0.1) is 11.3 Å². The van der Waals surface area contributed by atoms with E-state index in [1.54, 1.807) is 17.8 Å². The molecule has 3 aromatic rings. The monoisotopic (exact) mass is 297 g/mol. The highest BCUT2D eigenvalue weighted by molar-refractivity contribution is 7.10. The number of nitrogens with zero attached hydrogens (tertiary/aromatic N) is 2. The molecule has 7 heteroatoms. The number of nitrogens with one attached hydrogen (secondary N) is 1. The van der Waals surface area contributed by atoms with Crippen molar-refractivity contribution in [2.45, 2.75) is 0 Å². The number of halogens is 3. The molecule has 3 nitrogen and oxygen atoms in total. The fraction of sp³-hybridized carbons (Fsp3) is 0. The molecule has 0 radical (unpaired) electrons. The topological polar surface area (TPSA) is 41.6 Å². The van der Waals surface area contributed by atoms with Gasteiger partial charge in [0, 0.05) is 23.2 Å². The van der Waals surface area contributed by atoms with Gasteiger partial charge in [-0.1, -0.05) is 11.6 Å². The summed E-state index contributed by atoms with van der Waals surface area (Å²) in [6, 6.07) is 2.08. The summed E-state index contributed by atoms with van der Waals surface area (Å²) < 4.78 is 26.2. The maximum absolute atomic E-state index is 13.1. The Balaban J connectivity index is 2.06. The van der Waals surface area contributed by atoms with Crippen molar-refractivity contribution in [3.63, 3.8) is 0 Å². The van der Waals surface area contributed by atoms with Crippen molar-refractivity contribution >= 4 is 45.1 Å². The molecule has 2 aromatic heterocycles. The van der Waals surface area contributed by atoms with Crippen LogP contribution in [0, 0.1) is 11.6 Å². The minimum Gasteiger partial charge on any atom is -0.337 e. The van der Waals surface area contributed by atoms with E-state index in [0.29, 0.717) is 21.9 Å². The summed E-state index contributed by atoms with van der Waals surface area (Å²) >= 11 is 7.53. The summed E-state index contributed by atoms with van der Waals surface area (Å²) in [6.07, 6.45) is 3.35. The standard InChI is InChI=1S/C12H6ClF2N3S/c13-7(1-6-4-16-5-19-6)12-17-10-2-8(14)9(15)3-11(10)18-12/h1-5H,(H,17,18)/b7-1-. The molecule has 0 aliphatic carbocycles. The van der Waals surface area contributed by atoms with Crippen molar-refractivity contribution in [3.05, 3.63) is 46.2 Å². The first-order valence-electron chi connectivity index (χ1n) is 5.24. The summed E-state index contributed by atoms with van der Waals surface area (Å²) in [5.74, 6) is -1.51. The number of hydrogen-bond acceptors (Lipinski definition) is 3. The third-order valence-electron chi connectivity index (χ3n) is 2.47. The van der Waals surface area contributed by atoms with Crippen LogP contribution in [0.3, 0.4) is 0 Å². The SMILES string of the molecule is Fc1cc2nc(/C(Cl)=C/c3cncs3)[nH]c2cc1F. The molecule has 0 amide bonds. The van der Waals surface area contributed by atoms with Crippen molar-refractivity contribution in [2.75, 3.05) is 0 Å². The van der Waals surface area contributed by atoms with E-state index in [2.05, 4.69) is 15.0 Å². The Labute approximate surface area is 115 Å². The molecule has 19 heavy (non-hydrogen) atoms. The van der Waals surface area contributed by atoms with Crippen molar-refractivity contribution in [3.8, 4) is 0 Å². The molecule has 0 bridgehead atoms. The number of aromatic nitrogens is 3. The minimum absolute atomic E-state index is 0.324. The van der Waals surface area contributed by atoms with Crippen LogP contribution in [-0.2, 0) is 0 Å². The van der Waals surface area contributed by atoms with Crippen molar-refractivity contribution in [1.82, 2.24) is 15.0 Å². The van der Waals surface area contributed by atoms with Crippen molar-refractivity contribution in [2.24, 2.45) is 0 Å². The molecule has 96 valence electrons. The molecule has 0 unspecified atom stereocenters. The van der Waals surface area contributed by atoms with E-state index in [9.17, 15) is 8.78 Å². The molecule has 0 aliphatic rings. The van der Waals surface area contributed by atoms with Crippen molar-refractivity contribution in [1.29, 1.82) is 0 Å². The smallest absolute Gasteiger partial charge is 0.161 e. The first-order valence-corrected chi connectivity index (χ1v) is 6.50. The molecule has 1 aromatic carbocycles. The summed E-state index contributed by atoms with van der Waals surface area (Å²) in [6.45, 7) is 0. The van der Waals surface area contributed by atoms with Gasteiger partial charge in [0.05, 0.1) is 21.6 Å². The second kappa shape index (κ2) is 4.71. The quantitative estimate of drug-likeness (QED) is 0.776. The molecule has 0 spiro atoms. The van der Waals surface area contributed by atoms with Crippen LogP contribution in [0.1, 0.15) is 10.7 Å². The van der Waals surface area contributed by atoms with Crippen LogP contribution in [0.5, 0.6) is 0 Å². The van der Waals surface area contributed by atoms with Gasteiger partial charge in [-0.25, -0.2) is 13.8 Å². The van der Waals surface area contributed by atoms with Gasteiger partial charge in [-0.3, -0.25) is 4.98 Å². The molecule has 0 atom stereocenters. The van der Waals surface area contributed by atoms with Crippen LogP contribution < -0.4 is 0 Å². The van der Waals surface area contributed by atoms with Crippen LogP contribution in [-0.4, -0.2) is 15.0 Å². The molecule has 0 aliphatic heterocycles. The fourth-order valence-corrected chi connectivity index (χ4v) is 2.43. The van der Waals surface area contributed by atoms with Gasteiger partial charge in [-0.05, 0) is 6.08 Å². The maximum atomic E-state index is 13.1.